The summed E-state index contributed by atoms with van der Waals surface area (Å²) in [7, 11) is 2.24. The van der Waals surface area contributed by atoms with Gasteiger partial charge in [-0.15, -0.1) is 0 Å². The monoisotopic (exact) mass is 324 g/mol. The van der Waals surface area contributed by atoms with Gasteiger partial charge in [-0.25, -0.2) is 4.79 Å². The minimum Gasteiger partial charge on any atom is -0.456 e. The predicted octanol–water partition coefficient (Wildman–Crippen LogP) is 2.11. The van der Waals surface area contributed by atoms with E-state index in [0.717, 1.165) is 11.0 Å². The summed E-state index contributed by atoms with van der Waals surface area (Å²) in [6, 6.07) is 0. The van der Waals surface area contributed by atoms with Crippen LogP contribution in [0, 0.1) is 0 Å². The third kappa shape index (κ3) is 4.51. The van der Waals surface area contributed by atoms with Gasteiger partial charge in [0.1, 0.15) is 13.2 Å². The lowest BCUT2D eigenvalue weighted by molar-refractivity contribution is -0.914. The van der Waals surface area contributed by atoms with E-state index in [4.69, 9.17) is 4.74 Å². The largest absolute Gasteiger partial charge is 0.456 e. The predicted molar refractivity (Wildman–Crippen MR) is 68.8 cm³/mol. The first-order valence-electron chi connectivity index (χ1n) is 5.39. The molecule has 1 heterocycles. The maximum absolute atomic E-state index is 11.2. The highest BCUT2D eigenvalue weighted by Gasteiger charge is 2.24. The van der Waals surface area contributed by atoms with Crippen LogP contribution in [0.1, 0.15) is 19.3 Å². The standard InChI is InChI=1S/C11H19INO2/c1-10(12)11(14)15-9-8-13(2)6-4-3-5-7-13/h1,3-9H2,2H3/q+1. The van der Waals surface area contributed by atoms with Crippen molar-refractivity contribution in [1.29, 1.82) is 0 Å². The van der Waals surface area contributed by atoms with Gasteiger partial charge in [0.25, 0.3) is 0 Å². The second-order valence-corrected chi connectivity index (χ2v) is 5.69. The van der Waals surface area contributed by atoms with Gasteiger partial charge in [-0.2, -0.15) is 0 Å². The Morgan fingerprint density at radius 2 is 2.00 bits per heavy atom. The summed E-state index contributed by atoms with van der Waals surface area (Å²) in [6.07, 6.45) is 3.94. The van der Waals surface area contributed by atoms with Crippen molar-refractivity contribution in [2.75, 3.05) is 33.3 Å². The lowest BCUT2D eigenvalue weighted by Gasteiger charge is -2.37. The lowest BCUT2D eigenvalue weighted by Crippen LogP contribution is -2.49. The molecule has 0 amide bonds. The van der Waals surface area contributed by atoms with Gasteiger partial charge in [-0.05, 0) is 41.9 Å². The molecule has 0 N–H and O–H groups in total. The minimum absolute atomic E-state index is 0.279. The SMILES string of the molecule is C=C(I)C(=O)OCC[N+]1(C)CCCCC1. The molecule has 15 heavy (non-hydrogen) atoms. The van der Waals surface area contributed by atoms with E-state index < -0.39 is 0 Å². The van der Waals surface area contributed by atoms with Crippen molar-refractivity contribution >= 4 is 28.6 Å². The molecule has 0 aliphatic carbocycles. The van der Waals surface area contributed by atoms with E-state index in [9.17, 15) is 4.79 Å². The summed E-state index contributed by atoms with van der Waals surface area (Å²) in [6.45, 7) is 7.40. The summed E-state index contributed by atoms with van der Waals surface area (Å²) < 4.78 is 6.61. The first-order valence-corrected chi connectivity index (χ1v) is 6.46. The van der Waals surface area contributed by atoms with Crippen LogP contribution < -0.4 is 0 Å². The normalized spacial score (nSPS) is 19.6. The van der Waals surface area contributed by atoms with Gasteiger partial charge in [-0.1, -0.05) is 6.58 Å². The molecule has 0 saturated carbocycles. The van der Waals surface area contributed by atoms with Gasteiger partial charge >= 0.3 is 5.97 Å². The number of halogens is 1. The summed E-state index contributed by atoms with van der Waals surface area (Å²) in [5, 5.41) is 0. The quantitative estimate of drug-likeness (QED) is 0.343. The zero-order chi connectivity index (χ0) is 11.3. The number of esters is 1. The molecule has 1 aliphatic rings. The molecule has 3 nitrogen and oxygen atoms in total. The molecule has 0 aromatic heterocycles. The van der Waals surface area contributed by atoms with Gasteiger partial charge in [0.2, 0.25) is 0 Å². The van der Waals surface area contributed by atoms with Gasteiger partial charge in [0.05, 0.1) is 23.7 Å². The number of piperidine rings is 1. The molecular formula is C11H19INO2+. The molecule has 4 heteroatoms. The van der Waals surface area contributed by atoms with Crippen LogP contribution in [0.25, 0.3) is 0 Å². The van der Waals surface area contributed by atoms with Crippen LogP contribution in [0.15, 0.2) is 10.2 Å². The lowest BCUT2D eigenvalue weighted by atomic mass is 10.1. The van der Waals surface area contributed by atoms with Gasteiger partial charge in [0, 0.05) is 0 Å². The Hall–Kier alpha value is -0.100. The van der Waals surface area contributed by atoms with E-state index in [1.165, 1.54) is 32.4 Å². The molecule has 1 fully saturated rings. The minimum atomic E-state index is -0.279. The Morgan fingerprint density at radius 1 is 1.40 bits per heavy atom. The van der Waals surface area contributed by atoms with Crippen molar-refractivity contribution < 1.29 is 14.0 Å². The number of likely N-dealkylation sites (N-methyl/N-ethyl adjacent to an activating group) is 1. The zero-order valence-corrected chi connectivity index (χ0v) is 11.5. The maximum atomic E-state index is 11.2. The third-order valence-corrected chi connectivity index (χ3v) is 3.42. The van der Waals surface area contributed by atoms with Crippen LogP contribution in [0.2, 0.25) is 0 Å². The first kappa shape index (κ1) is 13.0. The zero-order valence-electron chi connectivity index (χ0n) is 9.30. The number of quaternary nitrogens is 1. The highest BCUT2D eigenvalue weighted by atomic mass is 127. The van der Waals surface area contributed by atoms with Crippen molar-refractivity contribution in [2.24, 2.45) is 0 Å². The molecule has 0 spiro atoms. The number of ether oxygens (including phenoxy) is 1. The number of hydrogen-bond acceptors (Lipinski definition) is 2. The van der Waals surface area contributed by atoms with Crippen molar-refractivity contribution in [3.63, 3.8) is 0 Å². The van der Waals surface area contributed by atoms with Crippen molar-refractivity contribution in [1.82, 2.24) is 0 Å². The smallest absolute Gasteiger partial charge is 0.343 e. The van der Waals surface area contributed by atoms with Crippen molar-refractivity contribution in [3.05, 3.63) is 10.2 Å². The molecule has 1 saturated heterocycles. The fourth-order valence-corrected chi connectivity index (χ4v) is 2.09. The molecule has 1 rings (SSSR count). The summed E-state index contributed by atoms with van der Waals surface area (Å²) in [5.41, 5.74) is 0. The average Bonchev–Trinajstić information content (AvgIpc) is 2.18. The van der Waals surface area contributed by atoms with Gasteiger partial charge < -0.3 is 9.22 Å². The Bertz CT molecular complexity index is 247. The molecule has 0 unspecified atom stereocenters. The summed E-state index contributed by atoms with van der Waals surface area (Å²) in [5.74, 6) is -0.279. The first-order chi connectivity index (χ1) is 7.03. The topological polar surface area (TPSA) is 26.3 Å². The van der Waals surface area contributed by atoms with E-state index in [1.807, 2.05) is 22.6 Å². The second kappa shape index (κ2) is 5.84. The van der Waals surface area contributed by atoms with Crippen LogP contribution in [-0.4, -0.2) is 43.7 Å². The average molecular weight is 324 g/mol. The molecule has 86 valence electrons. The number of carbonyl (C=O) groups is 1. The van der Waals surface area contributed by atoms with Crippen molar-refractivity contribution in [3.8, 4) is 0 Å². The molecule has 0 aromatic carbocycles. The summed E-state index contributed by atoms with van der Waals surface area (Å²) in [4.78, 5) is 11.2. The number of rotatable bonds is 4. The highest BCUT2D eigenvalue weighted by Crippen LogP contribution is 2.15. The van der Waals surface area contributed by atoms with Crippen LogP contribution in [-0.2, 0) is 9.53 Å². The number of hydrogen-bond donors (Lipinski definition) is 0. The third-order valence-electron chi connectivity index (χ3n) is 2.98. The molecule has 0 radical (unpaired) electrons. The fraction of sp³-hybridized carbons (Fsp3) is 0.727. The van der Waals surface area contributed by atoms with Crippen LogP contribution >= 0.6 is 22.6 Å². The van der Waals surface area contributed by atoms with Crippen LogP contribution in [0.4, 0.5) is 0 Å². The Balaban J connectivity index is 2.24. The maximum Gasteiger partial charge on any atom is 0.343 e. The number of nitrogens with zero attached hydrogens (tertiary/aromatic N) is 1. The molecule has 0 bridgehead atoms. The van der Waals surface area contributed by atoms with E-state index >= 15 is 0 Å². The van der Waals surface area contributed by atoms with Crippen LogP contribution in [0.3, 0.4) is 0 Å². The molecular weight excluding hydrogens is 305 g/mol. The van der Waals surface area contributed by atoms with E-state index in [2.05, 4.69) is 13.6 Å². The van der Waals surface area contributed by atoms with Crippen LogP contribution in [0.5, 0.6) is 0 Å². The van der Waals surface area contributed by atoms with E-state index in [0.29, 0.717) is 10.2 Å². The van der Waals surface area contributed by atoms with Gasteiger partial charge in [0.15, 0.2) is 0 Å². The number of carbonyl (C=O) groups excluding carboxylic acids is 1. The van der Waals surface area contributed by atoms with E-state index in [1.54, 1.807) is 0 Å². The highest BCUT2D eigenvalue weighted by molar-refractivity contribution is 14.1. The van der Waals surface area contributed by atoms with Crippen molar-refractivity contribution in [2.45, 2.75) is 19.3 Å². The van der Waals surface area contributed by atoms with Gasteiger partial charge in [-0.3, -0.25) is 0 Å². The fourth-order valence-electron chi connectivity index (χ4n) is 1.94. The molecule has 0 atom stereocenters. The Morgan fingerprint density at radius 3 is 2.53 bits per heavy atom. The molecule has 1 aliphatic heterocycles. The van der Waals surface area contributed by atoms with E-state index in [-0.39, 0.29) is 5.97 Å². The second-order valence-electron chi connectivity index (χ2n) is 4.39. The Labute approximate surface area is 105 Å². The Kier molecular flexibility index (Phi) is 5.05. The molecule has 0 aromatic rings. The summed E-state index contributed by atoms with van der Waals surface area (Å²) >= 11 is 1.89. The number of likely N-dealkylation sites (tertiary alicyclic amines) is 1.